The fourth-order valence-corrected chi connectivity index (χ4v) is 1.32. The van der Waals surface area contributed by atoms with Crippen LogP contribution >= 0.6 is 0 Å². The highest BCUT2D eigenvalue weighted by Gasteiger charge is 2.18. The number of methoxy groups -OCH3 is 1. The quantitative estimate of drug-likeness (QED) is 0.587. The molecule has 0 aromatic carbocycles. The molecule has 7 heteroatoms. The largest absolute Gasteiger partial charge is 0.480 e. The van der Waals surface area contributed by atoms with E-state index in [2.05, 4.69) is 25.9 Å². The molecular weight excluding hydrogens is 250 g/mol. The van der Waals surface area contributed by atoms with Crippen LogP contribution in [0.5, 0.6) is 0 Å². The molecule has 0 fully saturated rings. The predicted molar refractivity (Wildman–Crippen MR) is 66.6 cm³/mol. The standard InChI is InChI=1S/C12H13N3O4/c1-4-5-8(11(16)17)14-9-6-7(2)13-10(15-9)12(18)19-3/h1,6,8H,5H2,2-3H3,(H,16,17)(H,13,14,15). The second kappa shape index (κ2) is 6.35. The van der Waals surface area contributed by atoms with Crippen molar-refractivity contribution in [2.24, 2.45) is 0 Å². The van der Waals surface area contributed by atoms with Crippen LogP contribution in [0.1, 0.15) is 22.7 Å². The van der Waals surface area contributed by atoms with E-state index >= 15 is 0 Å². The van der Waals surface area contributed by atoms with E-state index in [1.165, 1.54) is 13.2 Å². The molecule has 0 bridgehead atoms. The number of nitrogens with one attached hydrogen (secondary N) is 1. The highest BCUT2D eigenvalue weighted by Crippen LogP contribution is 2.10. The van der Waals surface area contributed by atoms with E-state index in [-0.39, 0.29) is 18.1 Å². The zero-order chi connectivity index (χ0) is 14.4. The number of carbonyl (C=O) groups excluding carboxylic acids is 1. The summed E-state index contributed by atoms with van der Waals surface area (Å²) in [5.74, 6) is 0.513. The van der Waals surface area contributed by atoms with Crippen LogP contribution < -0.4 is 5.32 Å². The van der Waals surface area contributed by atoms with Crippen molar-refractivity contribution >= 4 is 17.8 Å². The lowest BCUT2D eigenvalue weighted by atomic mass is 10.2. The van der Waals surface area contributed by atoms with Gasteiger partial charge in [0.2, 0.25) is 5.82 Å². The summed E-state index contributed by atoms with van der Waals surface area (Å²) in [6.07, 6.45) is 5.08. The molecule has 0 aliphatic heterocycles. The number of carboxylic acid groups (broad SMARTS) is 1. The number of nitrogens with zero attached hydrogens (tertiary/aromatic N) is 2. The summed E-state index contributed by atoms with van der Waals surface area (Å²) in [6.45, 7) is 1.65. The Hall–Kier alpha value is -2.62. The molecule has 1 aromatic rings. The molecule has 1 heterocycles. The zero-order valence-corrected chi connectivity index (χ0v) is 10.5. The summed E-state index contributed by atoms with van der Waals surface area (Å²) in [5, 5.41) is 11.6. The van der Waals surface area contributed by atoms with Crippen molar-refractivity contribution in [2.45, 2.75) is 19.4 Å². The Balaban J connectivity index is 3.00. The average Bonchev–Trinajstić information content (AvgIpc) is 2.36. The number of terminal acetylenes is 1. The third-order valence-corrected chi connectivity index (χ3v) is 2.16. The van der Waals surface area contributed by atoms with Gasteiger partial charge in [0.15, 0.2) is 0 Å². The minimum absolute atomic E-state index is 0.00799. The van der Waals surface area contributed by atoms with Gasteiger partial charge in [0, 0.05) is 18.2 Å². The molecule has 0 radical (unpaired) electrons. The first-order valence-corrected chi connectivity index (χ1v) is 5.34. The fourth-order valence-electron chi connectivity index (χ4n) is 1.32. The minimum Gasteiger partial charge on any atom is -0.480 e. The number of esters is 1. The molecule has 19 heavy (non-hydrogen) atoms. The van der Waals surface area contributed by atoms with Crippen molar-refractivity contribution in [1.29, 1.82) is 0 Å². The molecule has 0 saturated carbocycles. The normalized spacial score (nSPS) is 11.2. The Labute approximate surface area is 110 Å². The number of rotatable bonds is 5. The molecule has 2 N–H and O–H groups in total. The van der Waals surface area contributed by atoms with Gasteiger partial charge < -0.3 is 15.2 Å². The Morgan fingerprint density at radius 2 is 2.26 bits per heavy atom. The van der Waals surface area contributed by atoms with Gasteiger partial charge in [0.05, 0.1) is 7.11 Å². The third kappa shape index (κ3) is 3.96. The maximum Gasteiger partial charge on any atom is 0.376 e. The maximum atomic E-state index is 11.3. The Morgan fingerprint density at radius 3 is 2.79 bits per heavy atom. The lowest BCUT2D eigenvalue weighted by Crippen LogP contribution is -2.29. The van der Waals surface area contributed by atoms with Crippen LogP contribution in [0.4, 0.5) is 5.82 Å². The first-order chi connectivity index (χ1) is 8.97. The summed E-state index contributed by atoms with van der Waals surface area (Å²) in [4.78, 5) is 30.1. The molecule has 7 nitrogen and oxygen atoms in total. The van der Waals surface area contributed by atoms with Gasteiger partial charge in [-0.25, -0.2) is 19.6 Å². The van der Waals surface area contributed by atoms with Crippen molar-refractivity contribution in [2.75, 3.05) is 12.4 Å². The predicted octanol–water partition coefficient (Wildman–Crippen LogP) is 0.460. The molecule has 0 aliphatic carbocycles. The average molecular weight is 263 g/mol. The van der Waals surface area contributed by atoms with Crippen molar-refractivity contribution in [3.05, 3.63) is 17.6 Å². The van der Waals surface area contributed by atoms with Gasteiger partial charge in [0.25, 0.3) is 0 Å². The fraction of sp³-hybridized carbons (Fsp3) is 0.333. The van der Waals surface area contributed by atoms with Crippen LogP contribution in [0, 0.1) is 19.3 Å². The third-order valence-electron chi connectivity index (χ3n) is 2.16. The lowest BCUT2D eigenvalue weighted by Gasteiger charge is -2.13. The van der Waals surface area contributed by atoms with Crippen LogP contribution in [-0.4, -0.2) is 40.2 Å². The van der Waals surface area contributed by atoms with Crippen molar-refractivity contribution in [3.63, 3.8) is 0 Å². The Bertz CT molecular complexity index is 536. The Morgan fingerprint density at radius 1 is 1.58 bits per heavy atom. The molecule has 1 unspecified atom stereocenters. The molecule has 1 rings (SSSR count). The highest BCUT2D eigenvalue weighted by molar-refractivity contribution is 5.85. The first kappa shape index (κ1) is 14.4. The number of hydrogen-bond donors (Lipinski definition) is 2. The summed E-state index contributed by atoms with van der Waals surface area (Å²) < 4.78 is 4.51. The number of ether oxygens (including phenoxy) is 1. The van der Waals surface area contributed by atoms with Gasteiger partial charge in [-0.1, -0.05) is 0 Å². The number of aryl methyl sites for hydroxylation is 1. The molecule has 100 valence electrons. The van der Waals surface area contributed by atoms with Gasteiger partial charge in [-0.05, 0) is 6.92 Å². The van der Waals surface area contributed by atoms with Crippen LogP contribution in [0.2, 0.25) is 0 Å². The second-order valence-corrected chi connectivity index (χ2v) is 3.65. The van der Waals surface area contributed by atoms with E-state index in [1.807, 2.05) is 0 Å². The first-order valence-electron chi connectivity index (χ1n) is 5.34. The van der Waals surface area contributed by atoms with Gasteiger partial charge in [-0.3, -0.25) is 0 Å². The summed E-state index contributed by atoms with van der Waals surface area (Å²) in [5.41, 5.74) is 0.503. The Kier molecular flexibility index (Phi) is 4.83. The zero-order valence-electron chi connectivity index (χ0n) is 10.5. The molecule has 0 saturated heterocycles. The molecule has 0 amide bonds. The van der Waals surface area contributed by atoms with Crippen molar-refractivity contribution in [3.8, 4) is 12.3 Å². The molecular formula is C12H13N3O4. The summed E-state index contributed by atoms with van der Waals surface area (Å²) in [6, 6.07) is 0.531. The van der Waals surface area contributed by atoms with E-state index in [1.54, 1.807) is 6.92 Å². The van der Waals surface area contributed by atoms with Gasteiger partial charge in [-0.15, -0.1) is 12.3 Å². The lowest BCUT2D eigenvalue weighted by molar-refractivity contribution is -0.137. The monoisotopic (exact) mass is 263 g/mol. The van der Waals surface area contributed by atoms with Crippen LogP contribution in [0.15, 0.2) is 6.07 Å². The molecule has 1 atom stereocenters. The smallest absolute Gasteiger partial charge is 0.376 e. The van der Waals surface area contributed by atoms with Crippen LogP contribution in [0.25, 0.3) is 0 Å². The number of anilines is 1. The number of carboxylic acids is 1. The van der Waals surface area contributed by atoms with Crippen molar-refractivity contribution < 1.29 is 19.4 Å². The number of aliphatic carboxylic acids is 1. The number of hydrogen-bond acceptors (Lipinski definition) is 6. The highest BCUT2D eigenvalue weighted by atomic mass is 16.5. The summed E-state index contributed by atoms with van der Waals surface area (Å²) >= 11 is 0. The summed E-state index contributed by atoms with van der Waals surface area (Å²) in [7, 11) is 1.21. The molecule has 1 aromatic heterocycles. The van der Waals surface area contributed by atoms with Gasteiger partial charge in [-0.2, -0.15) is 0 Å². The molecule has 0 spiro atoms. The number of carbonyl (C=O) groups is 2. The van der Waals surface area contributed by atoms with E-state index < -0.39 is 18.0 Å². The minimum atomic E-state index is -1.10. The van der Waals surface area contributed by atoms with Crippen LogP contribution in [-0.2, 0) is 9.53 Å². The van der Waals surface area contributed by atoms with E-state index in [9.17, 15) is 9.59 Å². The molecule has 0 aliphatic rings. The van der Waals surface area contributed by atoms with Gasteiger partial charge in [0.1, 0.15) is 11.9 Å². The van der Waals surface area contributed by atoms with E-state index in [0.717, 1.165) is 0 Å². The second-order valence-electron chi connectivity index (χ2n) is 3.65. The number of aromatic nitrogens is 2. The van der Waals surface area contributed by atoms with E-state index in [4.69, 9.17) is 11.5 Å². The van der Waals surface area contributed by atoms with Crippen molar-refractivity contribution in [1.82, 2.24) is 9.97 Å². The van der Waals surface area contributed by atoms with Crippen LogP contribution in [0.3, 0.4) is 0 Å². The SMILES string of the molecule is C#CCC(Nc1cc(C)nc(C(=O)OC)n1)C(=O)O. The van der Waals surface area contributed by atoms with Gasteiger partial charge >= 0.3 is 11.9 Å². The van der Waals surface area contributed by atoms with E-state index in [0.29, 0.717) is 5.69 Å². The maximum absolute atomic E-state index is 11.3. The topological polar surface area (TPSA) is 101 Å².